The SMILES string of the molecule is C=CCN(Cc1ccc(Cl)s1)C(=O)C1CCC(CN)CC1. The van der Waals surface area contributed by atoms with Gasteiger partial charge in [-0.2, -0.15) is 0 Å². The zero-order valence-electron chi connectivity index (χ0n) is 12.3. The van der Waals surface area contributed by atoms with Gasteiger partial charge >= 0.3 is 0 Å². The van der Waals surface area contributed by atoms with Gasteiger partial charge in [0.05, 0.1) is 10.9 Å². The lowest BCUT2D eigenvalue weighted by Crippen LogP contribution is -2.37. The van der Waals surface area contributed by atoms with E-state index in [0.717, 1.165) is 41.4 Å². The van der Waals surface area contributed by atoms with E-state index in [0.29, 0.717) is 19.0 Å². The normalized spacial score (nSPS) is 22.0. The fraction of sp³-hybridized carbons (Fsp3) is 0.562. The van der Waals surface area contributed by atoms with Crippen LogP contribution in [0.25, 0.3) is 0 Å². The maximum Gasteiger partial charge on any atom is 0.226 e. The van der Waals surface area contributed by atoms with Crippen molar-refractivity contribution in [2.75, 3.05) is 13.1 Å². The van der Waals surface area contributed by atoms with Crippen molar-refractivity contribution in [2.45, 2.75) is 32.2 Å². The van der Waals surface area contributed by atoms with Crippen molar-refractivity contribution in [3.8, 4) is 0 Å². The van der Waals surface area contributed by atoms with Crippen molar-refractivity contribution >= 4 is 28.8 Å². The van der Waals surface area contributed by atoms with Crippen molar-refractivity contribution in [2.24, 2.45) is 17.6 Å². The quantitative estimate of drug-likeness (QED) is 0.810. The van der Waals surface area contributed by atoms with Gasteiger partial charge in [-0.3, -0.25) is 4.79 Å². The second-order valence-electron chi connectivity index (χ2n) is 5.67. The molecule has 1 heterocycles. The van der Waals surface area contributed by atoms with E-state index in [-0.39, 0.29) is 11.8 Å². The Morgan fingerprint density at radius 2 is 2.14 bits per heavy atom. The van der Waals surface area contributed by atoms with Gasteiger partial charge in [-0.25, -0.2) is 0 Å². The summed E-state index contributed by atoms with van der Waals surface area (Å²) in [6.07, 6.45) is 5.84. The van der Waals surface area contributed by atoms with Gasteiger partial charge in [0, 0.05) is 17.3 Å². The zero-order chi connectivity index (χ0) is 15.2. The van der Waals surface area contributed by atoms with Crippen LogP contribution in [0.5, 0.6) is 0 Å². The van der Waals surface area contributed by atoms with Crippen LogP contribution in [0.3, 0.4) is 0 Å². The maximum atomic E-state index is 12.7. The van der Waals surface area contributed by atoms with Crippen LogP contribution in [0.4, 0.5) is 0 Å². The summed E-state index contributed by atoms with van der Waals surface area (Å²) in [5.41, 5.74) is 5.72. The Labute approximate surface area is 135 Å². The maximum absolute atomic E-state index is 12.7. The number of thiophene rings is 1. The number of rotatable bonds is 6. The standard InChI is InChI=1S/C16H23ClN2OS/c1-2-9-19(11-14-7-8-15(17)21-14)16(20)13-5-3-12(10-18)4-6-13/h2,7-8,12-13H,1,3-6,9-11,18H2. The fourth-order valence-electron chi connectivity index (χ4n) is 2.92. The van der Waals surface area contributed by atoms with Crippen LogP contribution in [0.1, 0.15) is 30.6 Å². The lowest BCUT2D eigenvalue weighted by atomic mass is 9.81. The Hall–Kier alpha value is -0.840. The highest BCUT2D eigenvalue weighted by molar-refractivity contribution is 7.16. The minimum atomic E-state index is 0.142. The summed E-state index contributed by atoms with van der Waals surface area (Å²) in [6.45, 7) is 5.72. The van der Waals surface area contributed by atoms with Gasteiger partial charge in [0.25, 0.3) is 0 Å². The van der Waals surface area contributed by atoms with Gasteiger partial charge in [0.15, 0.2) is 0 Å². The van der Waals surface area contributed by atoms with Crippen LogP contribution < -0.4 is 5.73 Å². The molecule has 0 aliphatic heterocycles. The fourth-order valence-corrected chi connectivity index (χ4v) is 4.02. The van der Waals surface area contributed by atoms with Gasteiger partial charge in [-0.1, -0.05) is 17.7 Å². The molecule has 1 saturated carbocycles. The molecular weight excluding hydrogens is 304 g/mol. The third-order valence-electron chi connectivity index (χ3n) is 4.17. The summed E-state index contributed by atoms with van der Waals surface area (Å²) in [7, 11) is 0. The molecule has 0 atom stereocenters. The Morgan fingerprint density at radius 1 is 1.43 bits per heavy atom. The third kappa shape index (κ3) is 4.56. The van der Waals surface area contributed by atoms with E-state index in [9.17, 15) is 4.79 Å². The molecule has 1 aliphatic rings. The third-order valence-corrected chi connectivity index (χ3v) is 5.38. The van der Waals surface area contributed by atoms with Crippen LogP contribution >= 0.6 is 22.9 Å². The predicted octanol–water partition coefficient (Wildman–Crippen LogP) is 3.68. The monoisotopic (exact) mass is 326 g/mol. The molecule has 2 rings (SSSR count). The Kier molecular flexibility index (Phi) is 6.27. The first-order chi connectivity index (χ1) is 10.1. The van der Waals surface area contributed by atoms with E-state index in [2.05, 4.69) is 6.58 Å². The molecule has 0 aromatic carbocycles. The van der Waals surface area contributed by atoms with Crippen molar-refractivity contribution < 1.29 is 4.79 Å². The molecule has 116 valence electrons. The second kappa shape index (κ2) is 7.97. The number of hydrogen-bond donors (Lipinski definition) is 1. The minimum Gasteiger partial charge on any atom is -0.334 e. The van der Waals surface area contributed by atoms with Gasteiger partial charge < -0.3 is 10.6 Å². The molecule has 0 radical (unpaired) electrons. The molecule has 2 N–H and O–H groups in total. The number of nitrogens with zero attached hydrogens (tertiary/aromatic N) is 1. The lowest BCUT2D eigenvalue weighted by Gasteiger charge is -2.31. The van der Waals surface area contributed by atoms with Crippen molar-refractivity contribution in [1.82, 2.24) is 4.90 Å². The highest BCUT2D eigenvalue weighted by atomic mass is 35.5. The van der Waals surface area contributed by atoms with Crippen LogP contribution in [-0.2, 0) is 11.3 Å². The highest BCUT2D eigenvalue weighted by Crippen LogP contribution is 2.30. The van der Waals surface area contributed by atoms with Gasteiger partial charge in [0.2, 0.25) is 5.91 Å². The van der Waals surface area contributed by atoms with Crippen LogP contribution in [-0.4, -0.2) is 23.9 Å². The first-order valence-electron chi connectivity index (χ1n) is 7.48. The predicted molar refractivity (Wildman–Crippen MR) is 89.4 cm³/mol. The second-order valence-corrected chi connectivity index (χ2v) is 7.47. The molecule has 1 fully saturated rings. The summed E-state index contributed by atoms with van der Waals surface area (Å²) in [5, 5.41) is 0. The van der Waals surface area contributed by atoms with Gasteiger partial charge in [-0.05, 0) is 50.3 Å². The molecule has 1 aromatic heterocycles. The van der Waals surface area contributed by atoms with Crippen LogP contribution in [0.15, 0.2) is 24.8 Å². The molecule has 1 aliphatic carbocycles. The molecule has 1 aromatic rings. The van der Waals surface area contributed by atoms with E-state index in [1.165, 1.54) is 11.3 Å². The number of carbonyl (C=O) groups is 1. The van der Waals surface area contributed by atoms with Gasteiger partial charge in [-0.15, -0.1) is 17.9 Å². The molecule has 3 nitrogen and oxygen atoms in total. The Balaban J connectivity index is 1.97. The van der Waals surface area contributed by atoms with E-state index in [1.807, 2.05) is 17.0 Å². The molecular formula is C16H23ClN2OS. The average Bonchev–Trinajstić information content (AvgIpc) is 2.91. The minimum absolute atomic E-state index is 0.142. The largest absolute Gasteiger partial charge is 0.334 e. The molecule has 0 saturated heterocycles. The molecule has 0 unspecified atom stereocenters. The number of halogens is 1. The smallest absolute Gasteiger partial charge is 0.226 e. The summed E-state index contributed by atoms with van der Waals surface area (Å²) in [4.78, 5) is 15.7. The van der Waals surface area contributed by atoms with Crippen molar-refractivity contribution in [1.29, 1.82) is 0 Å². The van der Waals surface area contributed by atoms with E-state index >= 15 is 0 Å². The van der Waals surface area contributed by atoms with Gasteiger partial charge in [0.1, 0.15) is 0 Å². The summed E-state index contributed by atoms with van der Waals surface area (Å²) in [6, 6.07) is 3.87. The highest BCUT2D eigenvalue weighted by Gasteiger charge is 2.28. The van der Waals surface area contributed by atoms with E-state index in [4.69, 9.17) is 17.3 Å². The van der Waals surface area contributed by atoms with Crippen molar-refractivity contribution in [3.05, 3.63) is 34.0 Å². The Morgan fingerprint density at radius 3 is 2.67 bits per heavy atom. The van der Waals surface area contributed by atoms with Crippen LogP contribution in [0.2, 0.25) is 4.34 Å². The molecule has 1 amide bonds. The van der Waals surface area contributed by atoms with E-state index < -0.39 is 0 Å². The summed E-state index contributed by atoms with van der Waals surface area (Å²) < 4.78 is 0.763. The molecule has 0 bridgehead atoms. The topological polar surface area (TPSA) is 46.3 Å². The number of hydrogen-bond acceptors (Lipinski definition) is 3. The Bertz CT molecular complexity index is 480. The average molecular weight is 327 g/mol. The number of nitrogens with two attached hydrogens (primary N) is 1. The number of amides is 1. The lowest BCUT2D eigenvalue weighted by molar-refractivity contribution is -0.136. The van der Waals surface area contributed by atoms with E-state index in [1.54, 1.807) is 6.08 Å². The summed E-state index contributed by atoms with van der Waals surface area (Å²) in [5.74, 6) is 0.982. The first kappa shape index (κ1) is 16.5. The molecule has 21 heavy (non-hydrogen) atoms. The first-order valence-corrected chi connectivity index (χ1v) is 8.67. The van der Waals surface area contributed by atoms with Crippen LogP contribution in [0, 0.1) is 11.8 Å². The van der Waals surface area contributed by atoms with Crippen molar-refractivity contribution in [3.63, 3.8) is 0 Å². The molecule has 5 heteroatoms. The zero-order valence-corrected chi connectivity index (χ0v) is 13.8. The summed E-state index contributed by atoms with van der Waals surface area (Å²) >= 11 is 7.49. The molecule has 0 spiro atoms. The number of carbonyl (C=O) groups excluding carboxylic acids is 1.